The van der Waals surface area contributed by atoms with Crippen LogP contribution in [-0.4, -0.2) is 38.9 Å². The Bertz CT molecular complexity index is 417. The van der Waals surface area contributed by atoms with Gasteiger partial charge in [-0.05, 0) is 17.7 Å². The van der Waals surface area contributed by atoms with Gasteiger partial charge in [0.2, 0.25) is 0 Å². The average Bonchev–Trinajstić information content (AvgIpc) is 2.73. The van der Waals surface area contributed by atoms with Crippen molar-refractivity contribution in [2.45, 2.75) is 6.54 Å². The standard InChI is InChI=1S/C14H20ClN3O2/c15-13-3-1-11(2-4-13)8-17-14(19)18-9-12-7-16-5-6-20-10-12/h1-4,12,16H,5-10H2,(H2,17,18,19)/t12-/m0/s1. The van der Waals surface area contributed by atoms with Crippen LogP contribution in [0.3, 0.4) is 0 Å². The first-order chi connectivity index (χ1) is 9.74. The lowest BCUT2D eigenvalue weighted by molar-refractivity contribution is 0.123. The molecule has 20 heavy (non-hydrogen) atoms. The van der Waals surface area contributed by atoms with Crippen LogP contribution in [0.25, 0.3) is 0 Å². The van der Waals surface area contributed by atoms with E-state index in [2.05, 4.69) is 16.0 Å². The lowest BCUT2D eigenvalue weighted by atomic mass is 10.1. The number of rotatable bonds is 4. The fourth-order valence-electron chi connectivity index (χ4n) is 1.97. The molecule has 1 aromatic carbocycles. The van der Waals surface area contributed by atoms with Crippen LogP contribution in [0.4, 0.5) is 4.79 Å². The molecule has 5 nitrogen and oxygen atoms in total. The van der Waals surface area contributed by atoms with Gasteiger partial charge < -0.3 is 20.7 Å². The zero-order valence-corrected chi connectivity index (χ0v) is 12.1. The zero-order chi connectivity index (χ0) is 14.2. The quantitative estimate of drug-likeness (QED) is 0.787. The minimum Gasteiger partial charge on any atom is -0.380 e. The molecule has 6 heteroatoms. The molecule has 1 atom stereocenters. The fourth-order valence-corrected chi connectivity index (χ4v) is 2.10. The van der Waals surface area contributed by atoms with Crippen LogP contribution in [0, 0.1) is 5.92 Å². The number of carbonyl (C=O) groups excluding carboxylic acids is 1. The zero-order valence-electron chi connectivity index (χ0n) is 11.3. The molecular formula is C14H20ClN3O2. The summed E-state index contributed by atoms with van der Waals surface area (Å²) in [6.07, 6.45) is 0. The number of benzene rings is 1. The molecule has 2 amide bonds. The highest BCUT2D eigenvalue weighted by Gasteiger charge is 2.13. The second kappa shape index (κ2) is 8.09. The van der Waals surface area contributed by atoms with Gasteiger partial charge in [-0.2, -0.15) is 0 Å². The Balaban J connectivity index is 1.66. The van der Waals surface area contributed by atoms with Crippen LogP contribution in [0.1, 0.15) is 5.56 Å². The van der Waals surface area contributed by atoms with Crippen LogP contribution in [0.5, 0.6) is 0 Å². The molecule has 1 aromatic rings. The fraction of sp³-hybridized carbons (Fsp3) is 0.500. The number of hydrogen-bond donors (Lipinski definition) is 3. The first-order valence-electron chi connectivity index (χ1n) is 6.78. The molecule has 0 bridgehead atoms. The summed E-state index contributed by atoms with van der Waals surface area (Å²) < 4.78 is 5.43. The van der Waals surface area contributed by atoms with E-state index in [0.717, 1.165) is 25.3 Å². The minimum atomic E-state index is -0.163. The number of amides is 2. The maximum Gasteiger partial charge on any atom is 0.315 e. The summed E-state index contributed by atoms with van der Waals surface area (Å²) in [4.78, 5) is 11.7. The third-order valence-corrected chi connectivity index (χ3v) is 3.38. The molecule has 0 aromatic heterocycles. The van der Waals surface area contributed by atoms with Gasteiger partial charge in [-0.25, -0.2) is 4.79 Å². The minimum absolute atomic E-state index is 0.163. The number of ether oxygens (including phenoxy) is 1. The van der Waals surface area contributed by atoms with Gasteiger partial charge in [-0.1, -0.05) is 23.7 Å². The maximum atomic E-state index is 11.7. The molecule has 1 aliphatic heterocycles. The van der Waals surface area contributed by atoms with E-state index in [0.29, 0.717) is 30.6 Å². The van der Waals surface area contributed by atoms with Crippen molar-refractivity contribution in [3.8, 4) is 0 Å². The van der Waals surface area contributed by atoms with Crippen LogP contribution in [0.15, 0.2) is 24.3 Å². The molecule has 1 saturated heterocycles. The van der Waals surface area contributed by atoms with Crippen LogP contribution >= 0.6 is 11.6 Å². The Morgan fingerprint density at radius 2 is 2.15 bits per heavy atom. The average molecular weight is 298 g/mol. The molecule has 1 fully saturated rings. The van der Waals surface area contributed by atoms with E-state index < -0.39 is 0 Å². The molecule has 3 N–H and O–H groups in total. The van der Waals surface area contributed by atoms with E-state index in [-0.39, 0.29) is 6.03 Å². The molecule has 110 valence electrons. The number of hydrogen-bond acceptors (Lipinski definition) is 3. The van der Waals surface area contributed by atoms with E-state index in [1.807, 2.05) is 24.3 Å². The van der Waals surface area contributed by atoms with Crippen molar-refractivity contribution < 1.29 is 9.53 Å². The summed E-state index contributed by atoms with van der Waals surface area (Å²) in [5.41, 5.74) is 1.02. The molecule has 0 saturated carbocycles. The van der Waals surface area contributed by atoms with Crippen molar-refractivity contribution in [1.29, 1.82) is 0 Å². The highest BCUT2D eigenvalue weighted by molar-refractivity contribution is 6.30. The van der Waals surface area contributed by atoms with Gasteiger partial charge in [-0.3, -0.25) is 0 Å². The molecular weight excluding hydrogens is 278 g/mol. The Morgan fingerprint density at radius 1 is 1.35 bits per heavy atom. The summed E-state index contributed by atoms with van der Waals surface area (Å²) in [6.45, 7) is 4.27. The third kappa shape index (κ3) is 5.36. The van der Waals surface area contributed by atoms with E-state index >= 15 is 0 Å². The Hall–Kier alpha value is -1.30. The second-order valence-corrected chi connectivity index (χ2v) is 5.27. The summed E-state index contributed by atoms with van der Waals surface area (Å²) in [7, 11) is 0. The highest BCUT2D eigenvalue weighted by atomic mass is 35.5. The predicted molar refractivity (Wildman–Crippen MR) is 78.9 cm³/mol. The first kappa shape index (κ1) is 15.1. The van der Waals surface area contributed by atoms with Gasteiger partial charge >= 0.3 is 6.03 Å². The van der Waals surface area contributed by atoms with Crippen molar-refractivity contribution in [3.63, 3.8) is 0 Å². The number of nitrogens with one attached hydrogen (secondary N) is 3. The molecule has 0 radical (unpaired) electrons. The van der Waals surface area contributed by atoms with Crippen molar-refractivity contribution in [2.24, 2.45) is 5.92 Å². The summed E-state index contributed by atoms with van der Waals surface area (Å²) >= 11 is 5.81. The molecule has 0 unspecified atom stereocenters. The summed E-state index contributed by atoms with van der Waals surface area (Å²) in [6, 6.07) is 7.25. The monoisotopic (exact) mass is 297 g/mol. The molecule has 1 aliphatic rings. The molecule has 0 aliphatic carbocycles. The smallest absolute Gasteiger partial charge is 0.315 e. The summed E-state index contributed by atoms with van der Waals surface area (Å²) in [5.74, 6) is 0.318. The number of carbonyl (C=O) groups is 1. The van der Waals surface area contributed by atoms with Gasteiger partial charge in [0.1, 0.15) is 0 Å². The topological polar surface area (TPSA) is 62.4 Å². The SMILES string of the molecule is O=C(NCc1ccc(Cl)cc1)NC[C@@H]1CNCCOC1. The predicted octanol–water partition coefficient (Wildman–Crippen LogP) is 1.38. The Morgan fingerprint density at radius 3 is 2.95 bits per heavy atom. The Labute approximate surface area is 124 Å². The normalized spacial score (nSPS) is 19.1. The van der Waals surface area contributed by atoms with Gasteiger partial charge in [-0.15, -0.1) is 0 Å². The van der Waals surface area contributed by atoms with Gasteiger partial charge in [0, 0.05) is 37.1 Å². The van der Waals surface area contributed by atoms with Crippen LogP contribution < -0.4 is 16.0 Å². The van der Waals surface area contributed by atoms with E-state index in [1.54, 1.807) is 0 Å². The molecule has 1 heterocycles. The second-order valence-electron chi connectivity index (χ2n) is 4.84. The Kier molecular flexibility index (Phi) is 6.11. The van der Waals surface area contributed by atoms with Crippen molar-refractivity contribution in [2.75, 3.05) is 32.8 Å². The highest BCUT2D eigenvalue weighted by Crippen LogP contribution is 2.09. The van der Waals surface area contributed by atoms with E-state index in [4.69, 9.17) is 16.3 Å². The lowest BCUT2D eigenvalue weighted by Gasteiger charge is -2.15. The lowest BCUT2D eigenvalue weighted by Crippen LogP contribution is -2.40. The molecule has 2 rings (SSSR count). The van der Waals surface area contributed by atoms with Crippen LogP contribution in [0.2, 0.25) is 5.02 Å². The van der Waals surface area contributed by atoms with E-state index in [1.165, 1.54) is 0 Å². The summed E-state index contributed by atoms with van der Waals surface area (Å²) in [5, 5.41) is 9.65. The van der Waals surface area contributed by atoms with Crippen molar-refractivity contribution in [1.82, 2.24) is 16.0 Å². The van der Waals surface area contributed by atoms with Gasteiger partial charge in [0.25, 0.3) is 0 Å². The maximum absolute atomic E-state index is 11.7. The van der Waals surface area contributed by atoms with Crippen molar-refractivity contribution in [3.05, 3.63) is 34.9 Å². The molecule has 0 spiro atoms. The number of halogens is 1. The number of urea groups is 1. The third-order valence-electron chi connectivity index (χ3n) is 3.13. The van der Waals surface area contributed by atoms with Crippen LogP contribution in [-0.2, 0) is 11.3 Å². The van der Waals surface area contributed by atoms with Crippen molar-refractivity contribution >= 4 is 17.6 Å². The van der Waals surface area contributed by atoms with Gasteiger partial charge in [0.05, 0.1) is 13.2 Å². The van der Waals surface area contributed by atoms with Gasteiger partial charge in [0.15, 0.2) is 0 Å². The largest absolute Gasteiger partial charge is 0.380 e. The first-order valence-corrected chi connectivity index (χ1v) is 7.16. The van der Waals surface area contributed by atoms with E-state index in [9.17, 15) is 4.79 Å².